The summed E-state index contributed by atoms with van der Waals surface area (Å²) in [6, 6.07) is 2.08. The van der Waals surface area contributed by atoms with Crippen LogP contribution in [-0.4, -0.2) is 18.1 Å². The Labute approximate surface area is 93.3 Å². The summed E-state index contributed by atoms with van der Waals surface area (Å²) in [7, 11) is 0. The van der Waals surface area contributed by atoms with Crippen molar-refractivity contribution in [2.75, 3.05) is 18.0 Å². The van der Waals surface area contributed by atoms with Gasteiger partial charge in [-0.3, -0.25) is 0 Å². The SMILES string of the molecule is CCCN(CCC)c1nccc(C)c1C. The van der Waals surface area contributed by atoms with E-state index in [1.165, 1.54) is 29.8 Å². The van der Waals surface area contributed by atoms with Crippen molar-refractivity contribution in [3.63, 3.8) is 0 Å². The first-order chi connectivity index (χ1) is 7.20. The van der Waals surface area contributed by atoms with Crippen LogP contribution < -0.4 is 4.90 Å². The third-order valence-corrected chi connectivity index (χ3v) is 2.73. The van der Waals surface area contributed by atoms with Gasteiger partial charge in [0.2, 0.25) is 0 Å². The zero-order valence-electron chi connectivity index (χ0n) is 10.4. The molecule has 2 nitrogen and oxygen atoms in total. The number of aromatic nitrogens is 1. The molecule has 0 unspecified atom stereocenters. The molecule has 2 heteroatoms. The highest BCUT2D eigenvalue weighted by molar-refractivity contribution is 5.49. The highest BCUT2D eigenvalue weighted by Crippen LogP contribution is 2.19. The van der Waals surface area contributed by atoms with E-state index in [1.54, 1.807) is 0 Å². The highest BCUT2D eigenvalue weighted by Gasteiger charge is 2.09. The number of hydrogen-bond donors (Lipinski definition) is 0. The summed E-state index contributed by atoms with van der Waals surface area (Å²) in [5.74, 6) is 1.17. The van der Waals surface area contributed by atoms with Crippen molar-refractivity contribution in [2.45, 2.75) is 40.5 Å². The predicted octanol–water partition coefficient (Wildman–Crippen LogP) is 3.32. The zero-order valence-corrected chi connectivity index (χ0v) is 10.4. The van der Waals surface area contributed by atoms with Gasteiger partial charge in [-0.2, -0.15) is 0 Å². The van der Waals surface area contributed by atoms with Gasteiger partial charge in [-0.1, -0.05) is 13.8 Å². The van der Waals surface area contributed by atoms with Gasteiger partial charge in [-0.25, -0.2) is 4.98 Å². The summed E-state index contributed by atoms with van der Waals surface area (Å²) < 4.78 is 0. The summed E-state index contributed by atoms with van der Waals surface area (Å²) in [6.07, 6.45) is 4.26. The lowest BCUT2D eigenvalue weighted by molar-refractivity contribution is 0.731. The number of hydrogen-bond acceptors (Lipinski definition) is 2. The zero-order chi connectivity index (χ0) is 11.3. The summed E-state index contributed by atoms with van der Waals surface area (Å²) >= 11 is 0. The normalized spacial score (nSPS) is 10.4. The second-order valence-electron chi connectivity index (χ2n) is 4.06. The third-order valence-electron chi connectivity index (χ3n) is 2.73. The van der Waals surface area contributed by atoms with Crippen LogP contribution in [0.2, 0.25) is 0 Å². The smallest absolute Gasteiger partial charge is 0.131 e. The summed E-state index contributed by atoms with van der Waals surface area (Å²) in [5.41, 5.74) is 2.65. The molecule has 0 aromatic carbocycles. The number of anilines is 1. The Bertz CT molecular complexity index is 301. The van der Waals surface area contributed by atoms with E-state index in [-0.39, 0.29) is 0 Å². The van der Waals surface area contributed by atoms with E-state index in [1.807, 2.05) is 6.20 Å². The third kappa shape index (κ3) is 2.95. The second kappa shape index (κ2) is 5.74. The van der Waals surface area contributed by atoms with Crippen molar-refractivity contribution in [3.8, 4) is 0 Å². The van der Waals surface area contributed by atoms with Crippen LogP contribution >= 0.6 is 0 Å². The molecule has 84 valence electrons. The first kappa shape index (κ1) is 12.0. The highest BCUT2D eigenvalue weighted by atomic mass is 15.2. The Balaban J connectivity index is 2.94. The number of pyridine rings is 1. The van der Waals surface area contributed by atoms with Crippen molar-refractivity contribution >= 4 is 5.82 Å². The molecule has 0 radical (unpaired) electrons. The first-order valence-corrected chi connectivity index (χ1v) is 5.87. The van der Waals surface area contributed by atoms with Gasteiger partial charge in [-0.05, 0) is 43.9 Å². The topological polar surface area (TPSA) is 16.1 Å². The fraction of sp³-hybridized carbons (Fsp3) is 0.615. The van der Waals surface area contributed by atoms with Crippen molar-refractivity contribution in [3.05, 3.63) is 23.4 Å². The number of rotatable bonds is 5. The van der Waals surface area contributed by atoms with E-state index in [0.29, 0.717) is 0 Å². The van der Waals surface area contributed by atoms with Crippen LogP contribution in [0.1, 0.15) is 37.8 Å². The van der Waals surface area contributed by atoms with Gasteiger partial charge >= 0.3 is 0 Å². The van der Waals surface area contributed by atoms with Gasteiger partial charge in [0.25, 0.3) is 0 Å². The van der Waals surface area contributed by atoms with Crippen molar-refractivity contribution in [1.82, 2.24) is 4.98 Å². The van der Waals surface area contributed by atoms with E-state index in [9.17, 15) is 0 Å². The molecule has 0 spiro atoms. The maximum absolute atomic E-state index is 4.50. The Morgan fingerprint density at radius 3 is 2.27 bits per heavy atom. The molecule has 1 aromatic rings. The van der Waals surface area contributed by atoms with Crippen LogP contribution in [0.25, 0.3) is 0 Å². The van der Waals surface area contributed by atoms with Crippen molar-refractivity contribution < 1.29 is 0 Å². The predicted molar refractivity (Wildman–Crippen MR) is 66.5 cm³/mol. The van der Waals surface area contributed by atoms with Gasteiger partial charge < -0.3 is 4.90 Å². The molecule has 0 amide bonds. The molecule has 0 aliphatic heterocycles. The molecule has 0 aliphatic rings. The lowest BCUT2D eigenvalue weighted by atomic mass is 10.1. The van der Waals surface area contributed by atoms with Crippen molar-refractivity contribution in [2.24, 2.45) is 0 Å². The minimum Gasteiger partial charge on any atom is -0.356 e. The average Bonchev–Trinajstić information content (AvgIpc) is 2.22. The van der Waals surface area contributed by atoms with Crippen LogP contribution in [-0.2, 0) is 0 Å². The van der Waals surface area contributed by atoms with Crippen LogP contribution in [0.3, 0.4) is 0 Å². The largest absolute Gasteiger partial charge is 0.356 e. The molecular weight excluding hydrogens is 184 g/mol. The molecule has 15 heavy (non-hydrogen) atoms. The molecule has 0 bridgehead atoms. The number of aryl methyl sites for hydroxylation is 1. The summed E-state index contributed by atoms with van der Waals surface area (Å²) in [5, 5.41) is 0. The van der Waals surface area contributed by atoms with Crippen LogP contribution in [0.15, 0.2) is 12.3 Å². The quantitative estimate of drug-likeness (QED) is 0.734. The molecule has 0 N–H and O–H groups in total. The lowest BCUT2D eigenvalue weighted by Gasteiger charge is -2.24. The Morgan fingerprint density at radius 1 is 1.13 bits per heavy atom. The first-order valence-electron chi connectivity index (χ1n) is 5.87. The maximum Gasteiger partial charge on any atom is 0.131 e. The Kier molecular flexibility index (Phi) is 4.60. The monoisotopic (exact) mass is 206 g/mol. The fourth-order valence-corrected chi connectivity index (χ4v) is 1.80. The maximum atomic E-state index is 4.50. The molecule has 0 aliphatic carbocycles. The minimum atomic E-state index is 1.10. The van der Waals surface area contributed by atoms with E-state index < -0.39 is 0 Å². The standard InChI is InChI=1S/C13H22N2/c1-5-9-15(10-6-2)13-12(4)11(3)7-8-14-13/h7-8H,5-6,9-10H2,1-4H3. The van der Waals surface area contributed by atoms with Crippen LogP contribution in [0.5, 0.6) is 0 Å². The second-order valence-corrected chi connectivity index (χ2v) is 4.06. The molecule has 0 atom stereocenters. The molecular formula is C13H22N2. The molecule has 0 fully saturated rings. The molecule has 0 saturated heterocycles. The van der Waals surface area contributed by atoms with E-state index in [2.05, 4.69) is 43.6 Å². The summed E-state index contributed by atoms with van der Waals surface area (Å²) in [4.78, 5) is 6.89. The fourth-order valence-electron chi connectivity index (χ4n) is 1.80. The minimum absolute atomic E-state index is 1.10. The van der Waals surface area contributed by atoms with Crippen LogP contribution in [0, 0.1) is 13.8 Å². The molecule has 1 rings (SSSR count). The molecule has 1 aromatic heterocycles. The number of nitrogens with zero attached hydrogens (tertiary/aromatic N) is 2. The van der Waals surface area contributed by atoms with E-state index in [4.69, 9.17) is 0 Å². The van der Waals surface area contributed by atoms with E-state index in [0.717, 1.165) is 13.1 Å². The Hall–Kier alpha value is -1.05. The summed E-state index contributed by atoms with van der Waals surface area (Å²) in [6.45, 7) is 10.9. The van der Waals surface area contributed by atoms with Gasteiger partial charge in [0, 0.05) is 19.3 Å². The molecule has 1 heterocycles. The van der Waals surface area contributed by atoms with Gasteiger partial charge in [0.05, 0.1) is 0 Å². The van der Waals surface area contributed by atoms with Crippen LogP contribution in [0.4, 0.5) is 5.82 Å². The Morgan fingerprint density at radius 2 is 1.73 bits per heavy atom. The van der Waals surface area contributed by atoms with Gasteiger partial charge in [0.1, 0.15) is 5.82 Å². The lowest BCUT2D eigenvalue weighted by Crippen LogP contribution is -2.26. The molecule has 0 saturated carbocycles. The van der Waals surface area contributed by atoms with Gasteiger partial charge in [-0.15, -0.1) is 0 Å². The average molecular weight is 206 g/mol. The van der Waals surface area contributed by atoms with Gasteiger partial charge in [0.15, 0.2) is 0 Å². The van der Waals surface area contributed by atoms with Crippen molar-refractivity contribution in [1.29, 1.82) is 0 Å². The van der Waals surface area contributed by atoms with E-state index >= 15 is 0 Å².